The molecule has 2 aliphatic rings. The highest BCUT2D eigenvalue weighted by Gasteiger charge is 2.20. The molecule has 1 atom stereocenters. The number of fused-ring (bicyclic) bond motifs is 1. The summed E-state index contributed by atoms with van der Waals surface area (Å²) in [6.07, 6.45) is 9.82. The number of allylic oxidation sites excluding steroid dienone is 4. The molecular formula is C11H10BrNO. The van der Waals surface area contributed by atoms with Crippen LogP contribution < -0.4 is 5.32 Å². The summed E-state index contributed by atoms with van der Waals surface area (Å²) in [5.41, 5.74) is 1.86. The van der Waals surface area contributed by atoms with Gasteiger partial charge in [-0.1, -0.05) is 28.1 Å². The number of nitrogens with one attached hydrogen (secondary N) is 1. The van der Waals surface area contributed by atoms with Gasteiger partial charge in [0.25, 0.3) is 0 Å². The van der Waals surface area contributed by atoms with Crippen molar-refractivity contribution in [2.45, 2.75) is 13.0 Å². The van der Waals surface area contributed by atoms with Crippen LogP contribution in [0.1, 0.15) is 6.92 Å². The Bertz CT molecular complexity index is 402. The van der Waals surface area contributed by atoms with Gasteiger partial charge in [0.05, 0.1) is 6.04 Å². The van der Waals surface area contributed by atoms with E-state index in [0.717, 1.165) is 15.6 Å². The number of hydrogen-bond donors (Lipinski definition) is 1. The van der Waals surface area contributed by atoms with Crippen molar-refractivity contribution in [1.82, 2.24) is 5.32 Å². The Kier molecular flexibility index (Phi) is 2.42. The summed E-state index contributed by atoms with van der Waals surface area (Å²) in [4.78, 5) is 11.4. The fraction of sp³-hybridized carbons (Fsp3) is 0.182. The van der Waals surface area contributed by atoms with Gasteiger partial charge in [-0.2, -0.15) is 0 Å². The van der Waals surface area contributed by atoms with Crippen molar-refractivity contribution < 1.29 is 4.79 Å². The molecule has 0 spiro atoms. The second-order valence-corrected chi connectivity index (χ2v) is 4.27. The number of carbonyl (C=O) groups is 1. The van der Waals surface area contributed by atoms with Gasteiger partial charge in [-0.3, -0.25) is 4.79 Å². The van der Waals surface area contributed by atoms with Crippen LogP contribution in [0.15, 0.2) is 46.0 Å². The highest BCUT2D eigenvalue weighted by atomic mass is 79.9. The van der Waals surface area contributed by atoms with E-state index in [1.807, 2.05) is 37.3 Å². The van der Waals surface area contributed by atoms with E-state index in [2.05, 4.69) is 21.2 Å². The molecule has 1 unspecified atom stereocenters. The normalized spacial score (nSPS) is 25.4. The maximum Gasteiger partial charge on any atom is 0.247 e. The molecule has 3 heteroatoms. The zero-order valence-electron chi connectivity index (χ0n) is 7.75. The van der Waals surface area contributed by atoms with Crippen molar-refractivity contribution >= 4 is 21.8 Å². The van der Waals surface area contributed by atoms with E-state index in [-0.39, 0.29) is 11.9 Å². The van der Waals surface area contributed by atoms with E-state index >= 15 is 0 Å². The minimum Gasteiger partial charge on any atom is -0.342 e. The predicted octanol–water partition coefficient (Wildman–Crippen LogP) is 2.21. The smallest absolute Gasteiger partial charge is 0.247 e. The van der Waals surface area contributed by atoms with Gasteiger partial charge in [-0.15, -0.1) is 0 Å². The second-order valence-electron chi connectivity index (χ2n) is 3.36. The number of amides is 1. The Hall–Kier alpha value is -1.09. The van der Waals surface area contributed by atoms with E-state index in [0.29, 0.717) is 0 Å². The molecule has 1 heterocycles. The summed E-state index contributed by atoms with van der Waals surface area (Å²) in [6.45, 7) is 1.82. The van der Waals surface area contributed by atoms with Crippen molar-refractivity contribution in [2.75, 3.05) is 0 Å². The third-order valence-corrected chi connectivity index (χ3v) is 2.74. The Labute approximate surface area is 91.2 Å². The van der Waals surface area contributed by atoms with E-state index in [4.69, 9.17) is 0 Å². The standard InChI is InChI=1S/C11H10BrNO/c1-7-5-8-6-9(12)3-2-4-10(8)13-11(7)14/h2-6,10H,1H3,(H,13,14). The lowest BCUT2D eigenvalue weighted by Gasteiger charge is -2.21. The van der Waals surface area contributed by atoms with E-state index in [9.17, 15) is 4.79 Å². The Balaban J connectivity index is 2.44. The van der Waals surface area contributed by atoms with E-state index in [1.54, 1.807) is 0 Å². The topological polar surface area (TPSA) is 29.1 Å². The van der Waals surface area contributed by atoms with Crippen LogP contribution in [-0.2, 0) is 4.79 Å². The third kappa shape index (κ3) is 1.73. The Morgan fingerprint density at radius 1 is 1.43 bits per heavy atom. The molecule has 0 aromatic rings. The number of carbonyl (C=O) groups excluding carboxylic acids is 1. The number of hydrogen-bond acceptors (Lipinski definition) is 1. The lowest BCUT2D eigenvalue weighted by molar-refractivity contribution is -0.117. The minimum absolute atomic E-state index is 0.00909. The van der Waals surface area contributed by atoms with Crippen molar-refractivity contribution in [3.8, 4) is 0 Å². The third-order valence-electron chi connectivity index (χ3n) is 2.25. The first-order chi connectivity index (χ1) is 6.66. The first-order valence-electron chi connectivity index (χ1n) is 4.41. The SMILES string of the molecule is CC1=CC2=CC(Br)=CC=CC2NC1=O. The maximum atomic E-state index is 11.4. The molecule has 0 fully saturated rings. The predicted molar refractivity (Wildman–Crippen MR) is 59.9 cm³/mol. The van der Waals surface area contributed by atoms with Gasteiger partial charge < -0.3 is 5.32 Å². The lowest BCUT2D eigenvalue weighted by Crippen LogP contribution is -2.38. The molecule has 0 radical (unpaired) electrons. The van der Waals surface area contributed by atoms with Crippen molar-refractivity contribution in [3.63, 3.8) is 0 Å². The summed E-state index contributed by atoms with van der Waals surface area (Å²) in [7, 11) is 0. The Morgan fingerprint density at radius 2 is 2.21 bits per heavy atom. The van der Waals surface area contributed by atoms with Crippen molar-refractivity contribution in [1.29, 1.82) is 0 Å². The summed E-state index contributed by atoms with van der Waals surface area (Å²) in [5, 5.41) is 2.91. The summed E-state index contributed by atoms with van der Waals surface area (Å²) in [5.74, 6) is 0.00909. The lowest BCUT2D eigenvalue weighted by atomic mass is 9.99. The zero-order valence-corrected chi connectivity index (χ0v) is 9.34. The molecule has 0 bridgehead atoms. The van der Waals surface area contributed by atoms with Crippen LogP contribution in [0, 0.1) is 0 Å². The first kappa shape index (κ1) is 9.46. The molecule has 72 valence electrons. The fourth-order valence-corrected chi connectivity index (χ4v) is 1.92. The molecule has 14 heavy (non-hydrogen) atoms. The van der Waals surface area contributed by atoms with Gasteiger partial charge in [0.2, 0.25) is 5.91 Å². The number of halogens is 1. The summed E-state index contributed by atoms with van der Waals surface area (Å²) in [6, 6.07) is 0.0116. The van der Waals surface area contributed by atoms with E-state index < -0.39 is 0 Å². The van der Waals surface area contributed by atoms with Gasteiger partial charge in [0.15, 0.2) is 0 Å². The Morgan fingerprint density at radius 3 is 3.00 bits per heavy atom. The van der Waals surface area contributed by atoms with Crippen LogP contribution in [0.2, 0.25) is 0 Å². The fourth-order valence-electron chi connectivity index (χ4n) is 1.50. The van der Waals surface area contributed by atoms with Crippen LogP contribution in [0.5, 0.6) is 0 Å². The highest BCUT2D eigenvalue weighted by Crippen LogP contribution is 2.22. The molecule has 1 aliphatic heterocycles. The molecule has 0 aromatic carbocycles. The quantitative estimate of drug-likeness (QED) is 0.703. The van der Waals surface area contributed by atoms with E-state index in [1.165, 1.54) is 0 Å². The molecule has 0 saturated heterocycles. The summed E-state index contributed by atoms with van der Waals surface area (Å²) >= 11 is 3.43. The van der Waals surface area contributed by atoms with Gasteiger partial charge in [0.1, 0.15) is 0 Å². The molecule has 1 aliphatic carbocycles. The largest absolute Gasteiger partial charge is 0.342 e. The molecule has 2 nitrogen and oxygen atoms in total. The molecule has 1 N–H and O–H groups in total. The summed E-state index contributed by atoms with van der Waals surface area (Å²) < 4.78 is 1.02. The van der Waals surface area contributed by atoms with Gasteiger partial charge in [0, 0.05) is 10.1 Å². The van der Waals surface area contributed by atoms with Gasteiger partial charge >= 0.3 is 0 Å². The zero-order chi connectivity index (χ0) is 10.1. The van der Waals surface area contributed by atoms with Crippen molar-refractivity contribution in [2.24, 2.45) is 0 Å². The molecule has 0 saturated carbocycles. The molecule has 1 amide bonds. The van der Waals surface area contributed by atoms with Crippen LogP contribution in [0.4, 0.5) is 0 Å². The number of rotatable bonds is 0. The van der Waals surface area contributed by atoms with Gasteiger partial charge in [-0.25, -0.2) is 0 Å². The van der Waals surface area contributed by atoms with Crippen LogP contribution in [0.3, 0.4) is 0 Å². The highest BCUT2D eigenvalue weighted by molar-refractivity contribution is 9.11. The monoisotopic (exact) mass is 251 g/mol. The first-order valence-corrected chi connectivity index (χ1v) is 5.21. The average molecular weight is 252 g/mol. The minimum atomic E-state index is 0.00909. The molecular weight excluding hydrogens is 242 g/mol. The van der Waals surface area contributed by atoms with Crippen LogP contribution in [0.25, 0.3) is 0 Å². The van der Waals surface area contributed by atoms with Crippen LogP contribution in [-0.4, -0.2) is 11.9 Å². The average Bonchev–Trinajstić information content (AvgIpc) is 2.28. The molecule has 2 rings (SSSR count). The molecule has 0 aromatic heterocycles. The van der Waals surface area contributed by atoms with Gasteiger partial charge in [-0.05, 0) is 30.7 Å². The van der Waals surface area contributed by atoms with Crippen molar-refractivity contribution in [3.05, 3.63) is 46.0 Å². The second kappa shape index (κ2) is 3.58. The van der Waals surface area contributed by atoms with Crippen LogP contribution >= 0.6 is 15.9 Å². The maximum absolute atomic E-state index is 11.4.